The molecule has 11 aromatic carbocycles. The molecule has 2 nitrogen and oxygen atoms in total. The molecule has 0 unspecified atom stereocenters. The summed E-state index contributed by atoms with van der Waals surface area (Å²) in [7, 11) is 0. The summed E-state index contributed by atoms with van der Waals surface area (Å²) in [5.74, 6) is 0. The van der Waals surface area contributed by atoms with Gasteiger partial charge in [-0.25, -0.2) is 0 Å². The fraction of sp³-hybridized carbons (Fsp3) is 0.0164. The number of hydrogen-bond acceptors (Lipinski definition) is 2. The normalized spacial score (nSPS) is 12.2. The van der Waals surface area contributed by atoms with Crippen molar-refractivity contribution in [2.75, 3.05) is 0 Å². The lowest BCUT2D eigenvalue weighted by Gasteiger charge is -2.22. The minimum absolute atomic E-state index is 0.884. The Kier molecular flexibility index (Phi) is 7.71. The Morgan fingerprint density at radius 3 is 1.19 bits per heavy atom. The average Bonchev–Trinajstić information content (AvgIpc) is 3.87. The summed E-state index contributed by atoms with van der Waals surface area (Å²) >= 11 is 0. The van der Waals surface area contributed by atoms with E-state index in [-0.39, 0.29) is 0 Å². The Morgan fingerprint density at radius 1 is 0.349 bits per heavy atom. The van der Waals surface area contributed by atoms with E-state index in [4.69, 9.17) is 8.83 Å². The van der Waals surface area contributed by atoms with Crippen LogP contribution in [0.2, 0.25) is 0 Å². The number of allylic oxidation sites excluding steroid dienone is 2. The minimum Gasteiger partial charge on any atom is -0.456 e. The van der Waals surface area contributed by atoms with Crippen LogP contribution >= 0.6 is 0 Å². The topological polar surface area (TPSA) is 26.3 Å². The molecule has 0 amide bonds. The largest absolute Gasteiger partial charge is 0.456 e. The molecule has 0 aliphatic rings. The molecule has 13 aromatic rings. The van der Waals surface area contributed by atoms with E-state index in [1.807, 2.05) is 6.08 Å². The van der Waals surface area contributed by atoms with Crippen molar-refractivity contribution in [2.45, 2.75) is 6.92 Å². The molecule has 0 saturated heterocycles. The van der Waals surface area contributed by atoms with E-state index in [1.165, 1.54) is 87.2 Å². The predicted molar refractivity (Wildman–Crippen MR) is 269 cm³/mol. The van der Waals surface area contributed by atoms with Crippen LogP contribution in [-0.2, 0) is 0 Å². The van der Waals surface area contributed by atoms with Gasteiger partial charge in [-0.05, 0) is 154 Å². The van der Waals surface area contributed by atoms with Gasteiger partial charge in [-0.15, -0.1) is 0 Å². The molecule has 0 spiro atoms. The molecule has 0 aliphatic heterocycles. The van der Waals surface area contributed by atoms with Crippen molar-refractivity contribution in [3.63, 3.8) is 0 Å². The van der Waals surface area contributed by atoms with Crippen LogP contribution in [0, 0.1) is 6.92 Å². The maximum absolute atomic E-state index is 6.48. The fourth-order valence-corrected chi connectivity index (χ4v) is 10.5. The van der Waals surface area contributed by atoms with Crippen LogP contribution in [0.3, 0.4) is 0 Å². The van der Waals surface area contributed by atoms with E-state index in [0.29, 0.717) is 0 Å². The Hall–Kier alpha value is -8.20. The van der Waals surface area contributed by atoms with Gasteiger partial charge in [0.2, 0.25) is 0 Å². The molecular weight excluding hydrogens is 765 g/mol. The lowest BCUT2D eigenvalue weighted by molar-refractivity contribution is 0.668. The zero-order valence-electron chi connectivity index (χ0n) is 34.6. The molecule has 2 heteroatoms. The van der Waals surface area contributed by atoms with Crippen molar-refractivity contribution < 1.29 is 8.83 Å². The van der Waals surface area contributed by atoms with Crippen LogP contribution in [0.1, 0.15) is 11.1 Å². The van der Waals surface area contributed by atoms with Crippen molar-refractivity contribution in [1.29, 1.82) is 0 Å². The van der Waals surface area contributed by atoms with Gasteiger partial charge in [0.05, 0.1) is 0 Å². The van der Waals surface area contributed by atoms with Crippen LogP contribution < -0.4 is 0 Å². The van der Waals surface area contributed by atoms with Crippen LogP contribution in [0.15, 0.2) is 210 Å². The summed E-state index contributed by atoms with van der Waals surface area (Å²) in [4.78, 5) is 0. The number of fused-ring (bicyclic) bond motifs is 11. The maximum atomic E-state index is 6.48. The highest BCUT2D eigenvalue weighted by atomic mass is 16.3. The molecular formula is C61H38O2. The van der Waals surface area contributed by atoms with Gasteiger partial charge in [0.1, 0.15) is 22.3 Å². The van der Waals surface area contributed by atoms with Crippen LogP contribution in [-0.4, -0.2) is 0 Å². The van der Waals surface area contributed by atoms with Crippen LogP contribution in [0.4, 0.5) is 0 Å². The van der Waals surface area contributed by atoms with Crippen molar-refractivity contribution in [3.05, 3.63) is 212 Å². The van der Waals surface area contributed by atoms with E-state index < -0.39 is 0 Å². The third-order valence-electron chi connectivity index (χ3n) is 13.3. The van der Waals surface area contributed by atoms with Crippen LogP contribution in [0.5, 0.6) is 0 Å². The second-order valence-electron chi connectivity index (χ2n) is 16.8. The number of rotatable bonds is 5. The molecule has 2 heterocycles. The number of benzene rings is 11. The lowest BCUT2D eigenvalue weighted by Crippen LogP contribution is -1.94. The first-order chi connectivity index (χ1) is 31.1. The zero-order chi connectivity index (χ0) is 41.8. The summed E-state index contributed by atoms with van der Waals surface area (Å²) in [6, 6.07) is 66.7. The summed E-state index contributed by atoms with van der Waals surface area (Å²) in [5.41, 5.74) is 13.2. The summed E-state index contributed by atoms with van der Waals surface area (Å²) in [6.45, 7) is 6.01. The number of aryl methyl sites for hydroxylation is 1. The Morgan fingerprint density at radius 2 is 0.730 bits per heavy atom. The first kappa shape index (κ1) is 35.5. The average molecular weight is 803 g/mol. The second kappa shape index (κ2) is 13.7. The van der Waals surface area contributed by atoms with Gasteiger partial charge in [-0.1, -0.05) is 158 Å². The second-order valence-corrected chi connectivity index (χ2v) is 16.8. The molecule has 0 radical (unpaired) electrons. The smallest absolute Gasteiger partial charge is 0.136 e. The standard InChI is InChI=1S/C61H38O2/c1-3-4-15-37-34-56-50(30-36(37)2)51-32-40(26-28-54(51)62-56)58-42-18-7-11-22-46(42)60(47-23-12-8-19-43(47)58)61-48-24-13-9-20-44(48)59(45-21-10-14-25-49(45)61)41-27-29-55-52(33-41)53-31-38-16-5-6-17-39(38)35-57(53)63-55/h3-35H,1H2,2H3/b15-4-. The van der Waals surface area contributed by atoms with Crippen molar-refractivity contribution in [1.82, 2.24) is 0 Å². The number of furan rings is 2. The van der Waals surface area contributed by atoms with E-state index in [2.05, 4.69) is 202 Å². The first-order valence-corrected chi connectivity index (χ1v) is 21.6. The Bertz CT molecular complexity index is 4000. The monoisotopic (exact) mass is 802 g/mol. The van der Waals surface area contributed by atoms with E-state index >= 15 is 0 Å². The Labute approximate surface area is 363 Å². The van der Waals surface area contributed by atoms with Crippen molar-refractivity contribution >= 4 is 104 Å². The molecule has 0 aliphatic carbocycles. The van der Waals surface area contributed by atoms with E-state index in [1.54, 1.807) is 6.08 Å². The molecule has 0 atom stereocenters. The quantitative estimate of drug-likeness (QED) is 0.128. The van der Waals surface area contributed by atoms with Gasteiger partial charge in [-0.3, -0.25) is 0 Å². The highest BCUT2D eigenvalue weighted by Gasteiger charge is 2.23. The Balaban J connectivity index is 1.07. The lowest BCUT2D eigenvalue weighted by atomic mass is 9.81. The highest BCUT2D eigenvalue weighted by Crippen LogP contribution is 2.51. The maximum Gasteiger partial charge on any atom is 0.136 e. The molecule has 0 N–H and O–H groups in total. The van der Waals surface area contributed by atoms with E-state index in [9.17, 15) is 0 Å². The molecule has 0 fully saturated rings. The fourth-order valence-electron chi connectivity index (χ4n) is 10.5. The van der Waals surface area contributed by atoms with E-state index in [0.717, 1.165) is 55.0 Å². The summed E-state index contributed by atoms with van der Waals surface area (Å²) in [6.07, 6.45) is 5.86. The molecule has 294 valence electrons. The van der Waals surface area contributed by atoms with Crippen molar-refractivity contribution in [2.24, 2.45) is 0 Å². The first-order valence-electron chi connectivity index (χ1n) is 21.6. The summed E-state index contributed by atoms with van der Waals surface area (Å²) < 4.78 is 13.0. The van der Waals surface area contributed by atoms with Crippen LogP contribution in [0.25, 0.3) is 137 Å². The molecule has 0 bridgehead atoms. The third kappa shape index (κ3) is 5.32. The van der Waals surface area contributed by atoms with Crippen molar-refractivity contribution in [3.8, 4) is 33.4 Å². The van der Waals surface area contributed by atoms with Gasteiger partial charge in [0.15, 0.2) is 0 Å². The molecule has 63 heavy (non-hydrogen) atoms. The van der Waals surface area contributed by atoms with Gasteiger partial charge < -0.3 is 8.83 Å². The zero-order valence-corrected chi connectivity index (χ0v) is 34.6. The number of hydrogen-bond donors (Lipinski definition) is 0. The SMILES string of the molecule is C=C/C=C\c1cc2oc3ccc(-c4c5ccccc5c(-c5c6ccccc6c(-c6ccc7oc8cc9ccccc9cc8c7c6)c6ccccc56)c5ccccc45)cc3c2cc1C. The van der Waals surface area contributed by atoms with Gasteiger partial charge in [0.25, 0.3) is 0 Å². The predicted octanol–water partition coefficient (Wildman–Crippen LogP) is 17.8. The third-order valence-corrected chi connectivity index (χ3v) is 13.3. The molecule has 2 aromatic heterocycles. The van der Waals surface area contributed by atoms with Gasteiger partial charge in [-0.2, -0.15) is 0 Å². The minimum atomic E-state index is 0.884. The van der Waals surface area contributed by atoms with Gasteiger partial charge in [0, 0.05) is 21.5 Å². The summed E-state index contributed by atoms with van der Waals surface area (Å²) in [5, 5.41) is 16.6. The van der Waals surface area contributed by atoms with Gasteiger partial charge >= 0.3 is 0 Å². The molecule has 0 saturated carbocycles. The highest BCUT2D eigenvalue weighted by molar-refractivity contribution is 6.30. The molecule has 13 rings (SSSR count).